The number of amides is 3. The molecular formula is C20H23N3O3. The zero-order chi connectivity index (χ0) is 18.4. The molecular weight excluding hydrogens is 330 g/mol. The zero-order valence-electron chi connectivity index (χ0n) is 14.8. The number of benzene rings is 2. The van der Waals surface area contributed by atoms with E-state index < -0.39 is 0 Å². The Bertz CT molecular complexity index is 774. The van der Waals surface area contributed by atoms with E-state index >= 15 is 0 Å². The van der Waals surface area contributed by atoms with Gasteiger partial charge in [0.05, 0.1) is 12.8 Å². The molecule has 136 valence electrons. The number of para-hydroxylation sites is 2. The molecule has 0 atom stereocenters. The molecule has 0 spiro atoms. The summed E-state index contributed by atoms with van der Waals surface area (Å²) in [5.74, 6) is 0.840. The third-order valence-corrected chi connectivity index (χ3v) is 4.38. The minimum Gasteiger partial charge on any atom is -0.495 e. The summed E-state index contributed by atoms with van der Waals surface area (Å²) in [4.78, 5) is 25.6. The fourth-order valence-corrected chi connectivity index (χ4v) is 2.95. The molecule has 2 aromatic carbocycles. The molecule has 0 radical (unpaired) electrons. The van der Waals surface area contributed by atoms with Gasteiger partial charge in [0.15, 0.2) is 0 Å². The highest BCUT2D eigenvalue weighted by Crippen LogP contribution is 2.22. The Morgan fingerprint density at radius 3 is 2.54 bits per heavy atom. The normalized spacial score (nSPS) is 13.6. The van der Waals surface area contributed by atoms with Gasteiger partial charge in [-0.1, -0.05) is 36.4 Å². The molecule has 3 amide bonds. The van der Waals surface area contributed by atoms with Crippen LogP contribution in [0.25, 0.3) is 0 Å². The van der Waals surface area contributed by atoms with Crippen molar-refractivity contribution in [3.05, 3.63) is 59.7 Å². The van der Waals surface area contributed by atoms with Crippen molar-refractivity contribution in [2.45, 2.75) is 25.9 Å². The number of urea groups is 1. The van der Waals surface area contributed by atoms with Gasteiger partial charge in [-0.05, 0) is 29.7 Å². The molecule has 0 saturated carbocycles. The number of hydrogen-bond acceptors (Lipinski definition) is 3. The minimum absolute atomic E-state index is 0.226. The van der Waals surface area contributed by atoms with Gasteiger partial charge in [0.1, 0.15) is 5.75 Å². The molecule has 1 aliphatic heterocycles. The van der Waals surface area contributed by atoms with E-state index in [0.717, 1.165) is 24.1 Å². The molecule has 1 fully saturated rings. The van der Waals surface area contributed by atoms with Gasteiger partial charge in [-0.2, -0.15) is 0 Å². The molecule has 0 bridgehead atoms. The number of carbonyl (C=O) groups is 2. The summed E-state index contributed by atoms with van der Waals surface area (Å²) < 4.78 is 5.21. The molecule has 6 nitrogen and oxygen atoms in total. The average Bonchev–Trinajstić information content (AvgIpc) is 3.06. The second kappa shape index (κ2) is 8.38. The first-order valence-corrected chi connectivity index (χ1v) is 8.69. The van der Waals surface area contributed by atoms with Crippen LogP contribution in [0.1, 0.15) is 24.0 Å². The van der Waals surface area contributed by atoms with E-state index in [-0.39, 0.29) is 11.9 Å². The highest BCUT2D eigenvalue weighted by molar-refractivity contribution is 5.90. The second-order valence-electron chi connectivity index (χ2n) is 6.24. The number of anilines is 1. The molecule has 0 aliphatic carbocycles. The predicted molar refractivity (Wildman–Crippen MR) is 99.9 cm³/mol. The summed E-state index contributed by atoms with van der Waals surface area (Å²) in [6.07, 6.45) is 1.60. The van der Waals surface area contributed by atoms with Gasteiger partial charge in [0.2, 0.25) is 5.91 Å². The van der Waals surface area contributed by atoms with E-state index in [1.54, 1.807) is 19.2 Å². The smallest absolute Gasteiger partial charge is 0.319 e. The Morgan fingerprint density at radius 1 is 1.12 bits per heavy atom. The van der Waals surface area contributed by atoms with Crippen LogP contribution in [0.2, 0.25) is 0 Å². The van der Waals surface area contributed by atoms with Crippen LogP contribution in [0.4, 0.5) is 10.5 Å². The maximum atomic E-state index is 12.1. The van der Waals surface area contributed by atoms with Crippen LogP contribution >= 0.6 is 0 Å². The highest BCUT2D eigenvalue weighted by atomic mass is 16.5. The Kier molecular flexibility index (Phi) is 5.73. The van der Waals surface area contributed by atoms with E-state index in [9.17, 15) is 9.59 Å². The summed E-state index contributed by atoms with van der Waals surface area (Å²) in [5.41, 5.74) is 2.72. The van der Waals surface area contributed by atoms with E-state index in [0.29, 0.717) is 30.9 Å². The third-order valence-electron chi connectivity index (χ3n) is 4.38. The number of carbonyl (C=O) groups excluding carboxylic acids is 2. The SMILES string of the molecule is COc1ccccc1NC(=O)NCc1ccc(CN2CCCC2=O)cc1. The number of nitrogens with zero attached hydrogens (tertiary/aromatic N) is 1. The molecule has 0 aromatic heterocycles. The predicted octanol–water partition coefficient (Wildman–Crippen LogP) is 3.14. The van der Waals surface area contributed by atoms with Crippen molar-refractivity contribution in [3.63, 3.8) is 0 Å². The van der Waals surface area contributed by atoms with Crippen LogP contribution in [0.5, 0.6) is 5.75 Å². The number of hydrogen-bond donors (Lipinski definition) is 2. The number of likely N-dealkylation sites (tertiary alicyclic amines) is 1. The molecule has 2 N–H and O–H groups in total. The molecule has 1 aliphatic rings. The fourth-order valence-electron chi connectivity index (χ4n) is 2.95. The summed E-state index contributed by atoms with van der Waals surface area (Å²) in [6.45, 7) is 1.91. The van der Waals surface area contributed by atoms with Crippen molar-refractivity contribution in [2.75, 3.05) is 19.0 Å². The van der Waals surface area contributed by atoms with Gasteiger partial charge in [-0.15, -0.1) is 0 Å². The summed E-state index contributed by atoms with van der Waals surface area (Å²) in [6, 6.07) is 14.9. The fraction of sp³-hybridized carbons (Fsp3) is 0.300. The van der Waals surface area contributed by atoms with Crippen molar-refractivity contribution < 1.29 is 14.3 Å². The highest BCUT2D eigenvalue weighted by Gasteiger charge is 2.19. The molecule has 1 heterocycles. The largest absolute Gasteiger partial charge is 0.495 e. The van der Waals surface area contributed by atoms with Gasteiger partial charge >= 0.3 is 6.03 Å². The first-order chi connectivity index (χ1) is 12.7. The third kappa shape index (κ3) is 4.53. The lowest BCUT2D eigenvalue weighted by Gasteiger charge is -2.15. The van der Waals surface area contributed by atoms with Crippen molar-refractivity contribution >= 4 is 17.6 Å². The van der Waals surface area contributed by atoms with Crippen LogP contribution < -0.4 is 15.4 Å². The maximum Gasteiger partial charge on any atom is 0.319 e. The lowest BCUT2D eigenvalue weighted by molar-refractivity contribution is -0.128. The van der Waals surface area contributed by atoms with E-state index in [1.807, 2.05) is 41.3 Å². The number of ether oxygens (including phenoxy) is 1. The first-order valence-electron chi connectivity index (χ1n) is 8.69. The van der Waals surface area contributed by atoms with Crippen molar-refractivity contribution in [1.82, 2.24) is 10.2 Å². The number of methoxy groups -OCH3 is 1. The Morgan fingerprint density at radius 2 is 1.85 bits per heavy atom. The Hall–Kier alpha value is -3.02. The molecule has 2 aromatic rings. The molecule has 6 heteroatoms. The summed E-state index contributed by atoms with van der Waals surface area (Å²) in [7, 11) is 1.57. The van der Waals surface area contributed by atoms with Crippen LogP contribution in [0.15, 0.2) is 48.5 Å². The molecule has 3 rings (SSSR count). The Labute approximate surface area is 153 Å². The minimum atomic E-state index is -0.291. The molecule has 1 saturated heterocycles. The standard InChI is InChI=1S/C20H23N3O3/c1-26-18-6-3-2-5-17(18)22-20(25)21-13-15-8-10-16(11-9-15)14-23-12-4-7-19(23)24/h2-3,5-6,8-11H,4,7,12-14H2,1H3,(H2,21,22,25). The lowest BCUT2D eigenvalue weighted by Crippen LogP contribution is -2.28. The monoisotopic (exact) mass is 353 g/mol. The van der Waals surface area contributed by atoms with Crippen LogP contribution in [0.3, 0.4) is 0 Å². The summed E-state index contributed by atoms with van der Waals surface area (Å²) >= 11 is 0. The topological polar surface area (TPSA) is 70.7 Å². The average molecular weight is 353 g/mol. The molecule has 0 unspecified atom stereocenters. The number of rotatable bonds is 6. The van der Waals surface area contributed by atoms with E-state index in [1.165, 1.54) is 0 Å². The van der Waals surface area contributed by atoms with Crippen LogP contribution in [0, 0.1) is 0 Å². The van der Waals surface area contributed by atoms with E-state index in [4.69, 9.17) is 4.74 Å². The lowest BCUT2D eigenvalue weighted by atomic mass is 10.1. The summed E-state index contributed by atoms with van der Waals surface area (Å²) in [5, 5.41) is 5.61. The Balaban J connectivity index is 1.49. The number of nitrogens with one attached hydrogen (secondary N) is 2. The van der Waals surface area contributed by atoms with Crippen LogP contribution in [-0.2, 0) is 17.9 Å². The second-order valence-corrected chi connectivity index (χ2v) is 6.24. The molecule has 26 heavy (non-hydrogen) atoms. The van der Waals surface area contributed by atoms with Crippen molar-refractivity contribution in [2.24, 2.45) is 0 Å². The van der Waals surface area contributed by atoms with Gasteiger partial charge in [0, 0.05) is 26.1 Å². The van der Waals surface area contributed by atoms with Gasteiger partial charge < -0.3 is 20.3 Å². The van der Waals surface area contributed by atoms with Gasteiger partial charge in [-0.3, -0.25) is 4.79 Å². The van der Waals surface area contributed by atoms with Crippen molar-refractivity contribution in [1.29, 1.82) is 0 Å². The van der Waals surface area contributed by atoms with Gasteiger partial charge in [0.25, 0.3) is 0 Å². The van der Waals surface area contributed by atoms with Crippen LogP contribution in [-0.4, -0.2) is 30.5 Å². The van der Waals surface area contributed by atoms with Gasteiger partial charge in [-0.25, -0.2) is 4.79 Å². The first kappa shape index (κ1) is 17.8. The zero-order valence-corrected chi connectivity index (χ0v) is 14.8. The van der Waals surface area contributed by atoms with E-state index in [2.05, 4.69) is 10.6 Å². The van der Waals surface area contributed by atoms with Crippen molar-refractivity contribution in [3.8, 4) is 5.75 Å². The maximum absolute atomic E-state index is 12.1. The quantitative estimate of drug-likeness (QED) is 0.838.